The molecule has 1 aliphatic carbocycles. The van der Waals surface area contributed by atoms with E-state index in [9.17, 15) is 14.4 Å². The minimum atomic E-state index is -0.697. The number of ether oxygens (including phenoxy) is 3. The van der Waals surface area contributed by atoms with Crippen LogP contribution in [0.3, 0.4) is 0 Å². The zero-order chi connectivity index (χ0) is 42.6. The molecule has 7 atom stereocenters. The van der Waals surface area contributed by atoms with Crippen molar-refractivity contribution >= 4 is 112 Å². The quantitative estimate of drug-likeness (QED) is 0.150. The minimum Gasteiger partial charge on any atom is -0.487 e. The van der Waals surface area contributed by atoms with Gasteiger partial charge in [0.1, 0.15) is 30.0 Å². The summed E-state index contributed by atoms with van der Waals surface area (Å²) in [4.78, 5) is 61.8. The van der Waals surface area contributed by atoms with Crippen LogP contribution in [-0.2, 0) is 25.7 Å². The lowest BCUT2D eigenvalue weighted by Gasteiger charge is -2.36. The van der Waals surface area contributed by atoms with Crippen molar-refractivity contribution in [3.8, 4) is 39.4 Å². The number of aromatic amines is 2. The van der Waals surface area contributed by atoms with E-state index in [2.05, 4.69) is 76.5 Å². The summed E-state index contributed by atoms with van der Waals surface area (Å²) in [7, 11) is 1.32. The number of carbonyl (C=O) groups excluding carboxylic acids is 3. The Morgan fingerprint density at radius 3 is 2.18 bits per heavy atom. The summed E-state index contributed by atoms with van der Waals surface area (Å²) in [6, 6.07) is 13.8. The Morgan fingerprint density at radius 2 is 1.51 bits per heavy atom. The topological polar surface area (TPSA) is 155 Å². The number of imidazole rings is 2. The van der Waals surface area contributed by atoms with Gasteiger partial charge in [0.2, 0.25) is 11.8 Å². The second-order valence-corrected chi connectivity index (χ2v) is 19.0. The molecule has 4 aliphatic heterocycles. The summed E-state index contributed by atoms with van der Waals surface area (Å²) in [6.45, 7) is 12.7. The first-order valence-corrected chi connectivity index (χ1v) is 22.5. The van der Waals surface area contributed by atoms with Gasteiger partial charge in [-0.15, -0.1) is 0 Å². The van der Waals surface area contributed by atoms with Crippen molar-refractivity contribution in [3.05, 3.63) is 66.0 Å². The van der Waals surface area contributed by atoms with Gasteiger partial charge >= 0.3 is 6.09 Å². The van der Waals surface area contributed by atoms with Crippen LogP contribution in [0.4, 0.5) is 4.79 Å². The molecule has 20 heteroatoms. The maximum atomic E-state index is 14.3. The average Bonchev–Trinajstić information content (AvgIpc) is 4.09. The van der Waals surface area contributed by atoms with Gasteiger partial charge in [-0.05, 0) is 85.1 Å². The van der Waals surface area contributed by atoms with Crippen LogP contribution >= 0.6 is 94.5 Å². The SMILES string of the molecule is COC(=O)N[C@H](C(=O)N1[C@H](c2nc3c([nH]2)COc2cc(-c4ccc(-c5cnc([C@@H]6C[C@@]7(CCCOC7)CN6C(=O)[C@@H](C)C(C)C)[nH]5)cc4)ccc2-3)C[C@@H]2CCCC[C@@H]21)C(C)C.S.S.S.S.S.S.S. The van der Waals surface area contributed by atoms with Crippen LogP contribution in [0.5, 0.6) is 5.75 Å². The number of aromatic nitrogens is 4. The molecule has 4 aromatic rings. The van der Waals surface area contributed by atoms with Gasteiger partial charge in [0.25, 0.3) is 0 Å². The molecule has 68 heavy (non-hydrogen) atoms. The fourth-order valence-electron chi connectivity index (χ4n) is 10.7. The van der Waals surface area contributed by atoms with Crippen molar-refractivity contribution in [3.63, 3.8) is 0 Å². The average molecular weight is 1070 g/mol. The molecule has 3 N–H and O–H groups in total. The lowest BCUT2D eigenvalue weighted by molar-refractivity contribution is -0.139. The van der Waals surface area contributed by atoms with E-state index in [-0.39, 0.29) is 148 Å². The van der Waals surface area contributed by atoms with Gasteiger partial charge in [0, 0.05) is 36.1 Å². The highest BCUT2D eigenvalue weighted by molar-refractivity contribution is 7.60. The fourth-order valence-corrected chi connectivity index (χ4v) is 10.7. The molecule has 0 bridgehead atoms. The van der Waals surface area contributed by atoms with Crippen LogP contribution in [0.1, 0.15) is 115 Å². The van der Waals surface area contributed by atoms with Crippen molar-refractivity contribution in [2.24, 2.45) is 29.1 Å². The summed E-state index contributed by atoms with van der Waals surface area (Å²) in [5.74, 6) is 2.95. The number of H-pyrrole nitrogens is 2. The number of fused-ring (bicyclic) bond motifs is 4. The molecule has 0 unspecified atom stereocenters. The molecule has 9 rings (SSSR count). The van der Waals surface area contributed by atoms with Gasteiger partial charge in [0.15, 0.2) is 0 Å². The second kappa shape index (κ2) is 25.6. The fraction of sp³-hybridized carbons (Fsp3) is 0.562. The predicted octanol–water partition coefficient (Wildman–Crippen LogP) is 9.39. The molecule has 2 aromatic carbocycles. The lowest BCUT2D eigenvalue weighted by atomic mass is 9.80. The van der Waals surface area contributed by atoms with E-state index in [0.717, 1.165) is 115 Å². The number of rotatable bonds is 9. The van der Waals surface area contributed by atoms with Gasteiger partial charge in [-0.25, -0.2) is 14.8 Å². The first-order chi connectivity index (χ1) is 29.4. The van der Waals surface area contributed by atoms with E-state index in [1.807, 2.05) is 31.9 Å². The van der Waals surface area contributed by atoms with Crippen LogP contribution in [0, 0.1) is 29.1 Å². The zero-order valence-corrected chi connectivity index (χ0v) is 47.0. The van der Waals surface area contributed by atoms with Crippen molar-refractivity contribution < 1.29 is 28.6 Å². The summed E-state index contributed by atoms with van der Waals surface area (Å²) in [5.41, 5.74) is 6.67. The zero-order valence-electron chi connectivity index (χ0n) is 40.0. The third-order valence-electron chi connectivity index (χ3n) is 14.5. The first kappa shape index (κ1) is 61.4. The Balaban J connectivity index is 0.00000227. The van der Waals surface area contributed by atoms with Crippen LogP contribution < -0.4 is 10.1 Å². The lowest BCUT2D eigenvalue weighted by Crippen LogP contribution is -2.53. The van der Waals surface area contributed by atoms with Crippen molar-refractivity contribution in [1.82, 2.24) is 35.1 Å². The number of nitrogens with zero attached hydrogens (tertiary/aromatic N) is 4. The van der Waals surface area contributed by atoms with Crippen LogP contribution in [0.25, 0.3) is 33.6 Å². The number of nitrogens with one attached hydrogen (secondary N) is 3. The number of methoxy groups -OCH3 is 1. The highest BCUT2D eigenvalue weighted by Crippen LogP contribution is 2.49. The van der Waals surface area contributed by atoms with Gasteiger partial charge in [-0.1, -0.05) is 77.8 Å². The maximum absolute atomic E-state index is 14.3. The third-order valence-corrected chi connectivity index (χ3v) is 14.5. The standard InChI is InChI=1S/C48H61N7O6.7H2S/c1-27(2)29(5)45(56)54-25-48(18-9-19-60-26-48)22-39(54)43-49-23-35(50-43)31-14-12-30(13-15-31)32-16-17-34-40(21-32)61-24-36-42(34)52-44(51-36)38-20-33-10-7-8-11-37(33)55(38)46(57)41(28(3)4)53-47(58)59-6;;;;;;;/h12-17,21,23,27-29,33,37-39,41H,7-11,18-20,22,24-26H2,1-6H3,(H,49,50)(H,51,52)(H,53,58);7*1H2/t29-,33-,37-,38-,39-,41-,48-;;;;;;;/m0......./s1. The number of hydrogen-bond acceptors (Lipinski definition) is 8. The highest BCUT2D eigenvalue weighted by atomic mass is 32.1. The maximum Gasteiger partial charge on any atom is 0.407 e. The van der Waals surface area contributed by atoms with Crippen molar-refractivity contribution in [2.75, 3.05) is 26.9 Å². The van der Waals surface area contributed by atoms with E-state index >= 15 is 0 Å². The molecule has 0 radical (unpaired) electrons. The number of likely N-dealkylation sites (tertiary alicyclic amines) is 2. The van der Waals surface area contributed by atoms with Crippen molar-refractivity contribution in [1.29, 1.82) is 0 Å². The minimum absolute atomic E-state index is 0. The number of alkyl carbamates (subject to hydrolysis) is 1. The van der Waals surface area contributed by atoms with Gasteiger partial charge in [0.05, 0.1) is 49.1 Å². The van der Waals surface area contributed by atoms with Crippen LogP contribution in [0.15, 0.2) is 48.7 Å². The molecule has 380 valence electrons. The third kappa shape index (κ3) is 12.0. The summed E-state index contributed by atoms with van der Waals surface area (Å²) in [5, 5.41) is 2.81. The molecule has 3 saturated heterocycles. The van der Waals surface area contributed by atoms with Crippen molar-refractivity contribution in [2.45, 2.75) is 117 Å². The second-order valence-electron chi connectivity index (χ2n) is 19.0. The molecule has 1 saturated carbocycles. The molecule has 2 aromatic heterocycles. The Labute approximate surface area is 451 Å². The number of benzene rings is 2. The van der Waals surface area contributed by atoms with E-state index in [4.69, 9.17) is 24.2 Å². The highest BCUT2D eigenvalue weighted by Gasteiger charge is 2.50. The van der Waals surface area contributed by atoms with Crippen LogP contribution in [0.2, 0.25) is 0 Å². The molecule has 1 spiro atoms. The molecule has 3 amide bonds. The van der Waals surface area contributed by atoms with Gasteiger partial charge < -0.3 is 39.3 Å². The molecule has 5 aliphatic rings. The normalized spacial score (nSPS) is 22.9. The van der Waals surface area contributed by atoms with E-state index in [1.165, 1.54) is 7.11 Å². The number of carbonyl (C=O) groups is 3. The Hall–Kier alpha value is -2.72. The molecular weight excluding hydrogens is 995 g/mol. The smallest absolute Gasteiger partial charge is 0.407 e. The largest absolute Gasteiger partial charge is 0.487 e. The van der Waals surface area contributed by atoms with E-state index < -0.39 is 12.1 Å². The van der Waals surface area contributed by atoms with E-state index in [0.29, 0.717) is 25.7 Å². The Morgan fingerprint density at radius 1 is 0.824 bits per heavy atom. The Bertz CT molecular complexity index is 2290. The van der Waals surface area contributed by atoms with Gasteiger partial charge in [-0.2, -0.15) is 94.5 Å². The molecular formula is C48H75N7O6S7. The van der Waals surface area contributed by atoms with Crippen LogP contribution in [-0.4, -0.2) is 86.6 Å². The predicted molar refractivity (Wildman–Crippen MR) is 304 cm³/mol. The first-order valence-electron chi connectivity index (χ1n) is 22.5. The summed E-state index contributed by atoms with van der Waals surface area (Å²) in [6.07, 6.45) is 9.33. The summed E-state index contributed by atoms with van der Waals surface area (Å²) >= 11 is 0. The summed E-state index contributed by atoms with van der Waals surface area (Å²) < 4.78 is 17.2. The molecule has 6 heterocycles. The monoisotopic (exact) mass is 1070 g/mol. The molecule has 13 nitrogen and oxygen atoms in total. The van der Waals surface area contributed by atoms with Gasteiger partial charge in [-0.3, -0.25) is 9.59 Å². The number of amides is 3. The Kier molecular flexibility index (Phi) is 23.1. The van der Waals surface area contributed by atoms with E-state index in [1.54, 1.807) is 0 Å². The number of hydrogen-bond donors (Lipinski definition) is 3. The molecule has 4 fully saturated rings.